The van der Waals surface area contributed by atoms with Gasteiger partial charge in [0.15, 0.2) is 23.9 Å². The first kappa shape index (κ1) is 17.7. The van der Waals surface area contributed by atoms with Crippen LogP contribution in [0.4, 0.5) is 0 Å². The van der Waals surface area contributed by atoms with Crippen LogP contribution in [0.25, 0.3) is 11.0 Å². The number of halogens is 1. The molecule has 0 saturated carbocycles. The molecule has 2 unspecified atom stereocenters. The number of hydrogen-bond donors (Lipinski definition) is 0. The topological polar surface area (TPSA) is 65.7 Å². The lowest BCUT2D eigenvalue weighted by atomic mass is 10.1. The summed E-state index contributed by atoms with van der Waals surface area (Å²) >= 11 is 3.46. The predicted octanol–water partition coefficient (Wildman–Crippen LogP) is 3.94. The SMILES string of the molecule is CC1=NC(C(=O)OCc2ccccc2)C(c2nc3cc(Br)ccc3n2C)O1. The van der Waals surface area contributed by atoms with Crippen molar-refractivity contribution in [3.05, 3.63) is 64.4 Å². The zero-order chi connectivity index (χ0) is 19.0. The maximum atomic E-state index is 12.7. The number of fused-ring (bicyclic) bond motifs is 1. The van der Waals surface area contributed by atoms with E-state index in [9.17, 15) is 4.79 Å². The molecule has 2 heterocycles. The van der Waals surface area contributed by atoms with E-state index in [0.717, 1.165) is 21.1 Å². The van der Waals surface area contributed by atoms with E-state index in [1.165, 1.54) is 0 Å². The molecule has 2 aromatic carbocycles. The van der Waals surface area contributed by atoms with Gasteiger partial charge in [0.1, 0.15) is 6.61 Å². The Hall–Kier alpha value is -2.67. The lowest BCUT2D eigenvalue weighted by Gasteiger charge is -2.16. The van der Waals surface area contributed by atoms with Gasteiger partial charge < -0.3 is 14.0 Å². The van der Waals surface area contributed by atoms with Gasteiger partial charge in [-0.05, 0) is 23.8 Å². The molecule has 1 aliphatic heterocycles. The highest BCUT2D eigenvalue weighted by Gasteiger charge is 2.40. The summed E-state index contributed by atoms with van der Waals surface area (Å²) in [6, 6.07) is 14.6. The molecule has 0 N–H and O–H groups in total. The Labute approximate surface area is 165 Å². The number of rotatable bonds is 4. The van der Waals surface area contributed by atoms with E-state index in [4.69, 9.17) is 9.47 Å². The number of nitrogens with zero attached hydrogens (tertiary/aromatic N) is 3. The lowest BCUT2D eigenvalue weighted by molar-refractivity contribution is -0.148. The number of aryl methyl sites for hydroxylation is 1. The van der Waals surface area contributed by atoms with Crippen molar-refractivity contribution >= 4 is 38.8 Å². The summed E-state index contributed by atoms with van der Waals surface area (Å²) in [4.78, 5) is 21.7. The molecule has 0 fully saturated rings. The Morgan fingerprint density at radius 1 is 1.26 bits per heavy atom. The average molecular weight is 428 g/mol. The van der Waals surface area contributed by atoms with Crippen LogP contribution in [0.2, 0.25) is 0 Å². The van der Waals surface area contributed by atoms with Gasteiger partial charge >= 0.3 is 5.97 Å². The average Bonchev–Trinajstić information content (AvgIpc) is 3.20. The first-order valence-electron chi connectivity index (χ1n) is 8.56. The number of imidazole rings is 1. The summed E-state index contributed by atoms with van der Waals surface area (Å²) in [5.41, 5.74) is 2.71. The maximum absolute atomic E-state index is 12.7. The zero-order valence-electron chi connectivity index (χ0n) is 14.9. The summed E-state index contributed by atoms with van der Waals surface area (Å²) in [5, 5.41) is 0. The van der Waals surface area contributed by atoms with Crippen molar-refractivity contribution in [2.24, 2.45) is 12.0 Å². The molecule has 0 spiro atoms. The molecule has 1 aromatic heterocycles. The van der Waals surface area contributed by atoms with Gasteiger partial charge in [-0.1, -0.05) is 46.3 Å². The zero-order valence-corrected chi connectivity index (χ0v) is 16.5. The standard InChI is InChI=1S/C20H18BrN3O3/c1-12-22-17(20(25)26-11-13-6-4-3-5-7-13)18(27-12)19-23-15-10-14(21)8-9-16(15)24(19)2/h3-10,17-18H,11H2,1-2H3. The molecule has 0 saturated heterocycles. The van der Waals surface area contributed by atoms with Crippen LogP contribution in [0.5, 0.6) is 0 Å². The van der Waals surface area contributed by atoms with Gasteiger partial charge in [-0.2, -0.15) is 0 Å². The second-order valence-electron chi connectivity index (χ2n) is 6.39. The van der Waals surface area contributed by atoms with E-state index in [-0.39, 0.29) is 6.61 Å². The van der Waals surface area contributed by atoms with Crippen molar-refractivity contribution in [2.45, 2.75) is 25.7 Å². The number of hydrogen-bond acceptors (Lipinski definition) is 5. The van der Waals surface area contributed by atoms with Crippen molar-refractivity contribution in [3.63, 3.8) is 0 Å². The highest BCUT2D eigenvalue weighted by atomic mass is 79.9. The van der Waals surface area contributed by atoms with Crippen LogP contribution in [0.1, 0.15) is 24.4 Å². The van der Waals surface area contributed by atoms with Crippen LogP contribution >= 0.6 is 15.9 Å². The number of esters is 1. The van der Waals surface area contributed by atoms with Gasteiger partial charge in [-0.15, -0.1) is 0 Å². The minimum absolute atomic E-state index is 0.201. The number of aliphatic imine (C=N–C) groups is 1. The van der Waals surface area contributed by atoms with Gasteiger partial charge in [0.25, 0.3) is 0 Å². The number of aromatic nitrogens is 2. The lowest BCUT2D eigenvalue weighted by Crippen LogP contribution is -2.28. The second-order valence-corrected chi connectivity index (χ2v) is 7.30. The molecular weight excluding hydrogens is 410 g/mol. The molecule has 0 radical (unpaired) electrons. The third kappa shape index (κ3) is 3.47. The molecule has 0 amide bonds. The minimum atomic E-state index is -0.771. The summed E-state index contributed by atoms with van der Waals surface area (Å²) in [7, 11) is 1.90. The molecule has 6 nitrogen and oxygen atoms in total. The van der Waals surface area contributed by atoms with Gasteiger partial charge in [-0.3, -0.25) is 0 Å². The summed E-state index contributed by atoms with van der Waals surface area (Å²) in [6.45, 7) is 1.93. The number of ether oxygens (including phenoxy) is 2. The summed E-state index contributed by atoms with van der Waals surface area (Å²) in [6.07, 6.45) is -0.607. The third-order valence-corrected chi connectivity index (χ3v) is 5.00. The summed E-state index contributed by atoms with van der Waals surface area (Å²) < 4.78 is 14.2. The quantitative estimate of drug-likeness (QED) is 0.591. The van der Waals surface area contributed by atoms with Crippen molar-refractivity contribution in [1.82, 2.24) is 9.55 Å². The fraction of sp³-hybridized carbons (Fsp3) is 0.250. The number of benzene rings is 2. The Balaban J connectivity index is 1.59. The Morgan fingerprint density at radius 3 is 2.81 bits per heavy atom. The van der Waals surface area contributed by atoms with E-state index >= 15 is 0 Å². The van der Waals surface area contributed by atoms with Crippen molar-refractivity contribution in [3.8, 4) is 0 Å². The van der Waals surface area contributed by atoms with E-state index in [1.807, 2.05) is 60.1 Å². The molecule has 138 valence electrons. The number of carbonyl (C=O) groups is 1. The van der Waals surface area contributed by atoms with Gasteiger partial charge in [0.2, 0.25) is 0 Å². The van der Waals surface area contributed by atoms with Crippen LogP contribution in [0.15, 0.2) is 58.0 Å². The van der Waals surface area contributed by atoms with E-state index in [2.05, 4.69) is 25.9 Å². The van der Waals surface area contributed by atoms with E-state index in [0.29, 0.717) is 11.7 Å². The molecule has 7 heteroatoms. The Kier molecular flexibility index (Phi) is 4.70. The molecule has 0 aliphatic carbocycles. The fourth-order valence-corrected chi connectivity index (χ4v) is 3.52. The largest absolute Gasteiger partial charge is 0.467 e. The van der Waals surface area contributed by atoms with E-state index < -0.39 is 18.1 Å². The van der Waals surface area contributed by atoms with Crippen molar-refractivity contribution in [2.75, 3.05) is 0 Å². The van der Waals surface area contributed by atoms with Gasteiger partial charge in [-0.25, -0.2) is 14.8 Å². The first-order chi connectivity index (χ1) is 13.0. The Morgan fingerprint density at radius 2 is 2.04 bits per heavy atom. The maximum Gasteiger partial charge on any atom is 0.335 e. The van der Waals surface area contributed by atoms with E-state index in [1.54, 1.807) is 6.92 Å². The molecule has 2 atom stereocenters. The molecule has 27 heavy (non-hydrogen) atoms. The monoisotopic (exact) mass is 427 g/mol. The molecule has 3 aromatic rings. The van der Waals surface area contributed by atoms with Crippen LogP contribution in [0, 0.1) is 0 Å². The minimum Gasteiger partial charge on any atom is -0.467 e. The Bertz CT molecular complexity index is 1030. The third-order valence-electron chi connectivity index (χ3n) is 4.50. The highest BCUT2D eigenvalue weighted by molar-refractivity contribution is 9.10. The van der Waals surface area contributed by atoms with Crippen LogP contribution in [-0.4, -0.2) is 27.5 Å². The fourth-order valence-electron chi connectivity index (χ4n) is 3.17. The van der Waals surface area contributed by atoms with Crippen molar-refractivity contribution < 1.29 is 14.3 Å². The van der Waals surface area contributed by atoms with Crippen LogP contribution < -0.4 is 0 Å². The molecular formula is C20H18BrN3O3. The number of carbonyl (C=O) groups excluding carboxylic acids is 1. The highest BCUT2D eigenvalue weighted by Crippen LogP contribution is 2.32. The van der Waals surface area contributed by atoms with Crippen molar-refractivity contribution in [1.29, 1.82) is 0 Å². The summed E-state index contributed by atoms with van der Waals surface area (Å²) in [5.74, 6) is 0.675. The normalized spacial score (nSPS) is 19.0. The molecule has 0 bridgehead atoms. The second kappa shape index (κ2) is 7.15. The van der Waals surface area contributed by atoms with Gasteiger partial charge in [0.05, 0.1) is 11.0 Å². The van der Waals surface area contributed by atoms with Gasteiger partial charge in [0, 0.05) is 18.4 Å². The molecule has 4 rings (SSSR count). The van der Waals surface area contributed by atoms with Crippen LogP contribution in [-0.2, 0) is 27.9 Å². The molecule has 1 aliphatic rings. The first-order valence-corrected chi connectivity index (χ1v) is 9.36. The van der Waals surface area contributed by atoms with Crippen LogP contribution in [0.3, 0.4) is 0 Å². The predicted molar refractivity (Wildman–Crippen MR) is 105 cm³/mol. The smallest absolute Gasteiger partial charge is 0.335 e.